The number of aryl methyl sites for hydroxylation is 1. The molecule has 14 heavy (non-hydrogen) atoms. The molecule has 0 amide bonds. The van der Waals surface area contributed by atoms with Gasteiger partial charge in [-0.05, 0) is 19.1 Å². The van der Waals surface area contributed by atoms with E-state index in [1.165, 1.54) is 9.75 Å². The van der Waals surface area contributed by atoms with Crippen molar-refractivity contribution in [2.75, 3.05) is 0 Å². The van der Waals surface area contributed by atoms with Crippen molar-refractivity contribution in [1.29, 1.82) is 0 Å². The Kier molecular flexibility index (Phi) is 3.29. The fourth-order valence-corrected chi connectivity index (χ4v) is 2.51. The van der Waals surface area contributed by atoms with Crippen LogP contribution < -0.4 is 0 Å². The number of hydrogen-bond acceptors (Lipinski definition) is 4. The van der Waals surface area contributed by atoms with E-state index in [0.29, 0.717) is 13.2 Å². The van der Waals surface area contributed by atoms with E-state index in [9.17, 15) is 0 Å². The molecule has 0 spiro atoms. The molecule has 0 saturated carbocycles. The summed E-state index contributed by atoms with van der Waals surface area (Å²) in [7, 11) is 0. The summed E-state index contributed by atoms with van der Waals surface area (Å²) in [6.45, 7) is 3.42. The summed E-state index contributed by atoms with van der Waals surface area (Å²) < 4.78 is 5.54. The Morgan fingerprint density at radius 1 is 1.36 bits per heavy atom. The SMILES string of the molecule is Cc1ccc(COCc2nccs2)s1. The summed E-state index contributed by atoms with van der Waals surface area (Å²) in [5.74, 6) is 0. The average Bonchev–Trinajstić information content (AvgIpc) is 2.77. The van der Waals surface area contributed by atoms with E-state index >= 15 is 0 Å². The number of aromatic nitrogens is 1. The fourth-order valence-electron chi connectivity index (χ4n) is 1.13. The zero-order chi connectivity index (χ0) is 9.80. The first-order chi connectivity index (χ1) is 6.84. The first-order valence-corrected chi connectivity index (χ1v) is 6.05. The van der Waals surface area contributed by atoms with Crippen molar-refractivity contribution in [2.24, 2.45) is 0 Å². The molecule has 0 bridgehead atoms. The molecule has 0 fully saturated rings. The highest BCUT2D eigenvalue weighted by Gasteiger charge is 1.98. The number of nitrogens with zero attached hydrogens (tertiary/aromatic N) is 1. The summed E-state index contributed by atoms with van der Waals surface area (Å²) in [6, 6.07) is 4.23. The predicted molar refractivity (Wildman–Crippen MR) is 59.7 cm³/mol. The van der Waals surface area contributed by atoms with Gasteiger partial charge in [-0.2, -0.15) is 0 Å². The minimum Gasteiger partial charge on any atom is -0.369 e. The van der Waals surface area contributed by atoms with Gasteiger partial charge in [-0.1, -0.05) is 0 Å². The normalized spacial score (nSPS) is 10.6. The second kappa shape index (κ2) is 4.68. The van der Waals surface area contributed by atoms with Crippen LogP contribution in [0.4, 0.5) is 0 Å². The zero-order valence-corrected chi connectivity index (χ0v) is 9.53. The minimum atomic E-state index is 0.620. The molecule has 0 radical (unpaired) electrons. The van der Waals surface area contributed by atoms with Crippen molar-refractivity contribution in [3.63, 3.8) is 0 Å². The van der Waals surface area contributed by atoms with Crippen molar-refractivity contribution in [2.45, 2.75) is 20.1 Å². The van der Waals surface area contributed by atoms with Crippen LogP contribution in [0.3, 0.4) is 0 Å². The van der Waals surface area contributed by atoms with Crippen LogP contribution >= 0.6 is 22.7 Å². The molecule has 0 aliphatic heterocycles. The maximum Gasteiger partial charge on any atom is 0.118 e. The Morgan fingerprint density at radius 2 is 2.29 bits per heavy atom. The number of thiazole rings is 1. The van der Waals surface area contributed by atoms with E-state index in [-0.39, 0.29) is 0 Å². The maximum absolute atomic E-state index is 5.54. The van der Waals surface area contributed by atoms with Crippen LogP contribution in [-0.2, 0) is 18.0 Å². The standard InChI is InChI=1S/C10H11NOS2/c1-8-2-3-9(14-8)6-12-7-10-11-4-5-13-10/h2-5H,6-7H2,1H3. The highest BCUT2D eigenvalue weighted by atomic mass is 32.1. The molecule has 0 atom stereocenters. The van der Waals surface area contributed by atoms with Gasteiger partial charge < -0.3 is 4.74 Å². The summed E-state index contributed by atoms with van der Waals surface area (Å²) in [4.78, 5) is 6.76. The quantitative estimate of drug-likeness (QED) is 0.797. The molecule has 2 aromatic heterocycles. The van der Waals surface area contributed by atoms with E-state index < -0.39 is 0 Å². The molecule has 0 aromatic carbocycles. The fraction of sp³-hybridized carbons (Fsp3) is 0.300. The molecule has 0 aliphatic rings. The lowest BCUT2D eigenvalue weighted by Crippen LogP contribution is -1.90. The molecule has 0 unspecified atom stereocenters. The van der Waals surface area contributed by atoms with Crippen molar-refractivity contribution >= 4 is 22.7 Å². The minimum absolute atomic E-state index is 0.620. The lowest BCUT2D eigenvalue weighted by atomic mass is 10.4. The van der Waals surface area contributed by atoms with E-state index in [1.54, 1.807) is 28.9 Å². The Hall–Kier alpha value is -0.710. The summed E-state index contributed by atoms with van der Waals surface area (Å²) >= 11 is 3.41. The highest BCUT2D eigenvalue weighted by Crippen LogP contribution is 2.16. The molecule has 0 aliphatic carbocycles. The van der Waals surface area contributed by atoms with Crippen molar-refractivity contribution in [1.82, 2.24) is 4.98 Å². The molecule has 2 rings (SSSR count). The summed E-state index contributed by atoms with van der Waals surface area (Å²) in [5.41, 5.74) is 0. The molecule has 4 heteroatoms. The molecule has 0 saturated heterocycles. The van der Waals surface area contributed by atoms with Gasteiger partial charge in [-0.3, -0.25) is 0 Å². The number of rotatable bonds is 4. The molecular weight excluding hydrogens is 214 g/mol. The largest absolute Gasteiger partial charge is 0.369 e. The first-order valence-electron chi connectivity index (χ1n) is 4.36. The lowest BCUT2D eigenvalue weighted by Gasteiger charge is -1.98. The van der Waals surface area contributed by atoms with Crippen molar-refractivity contribution < 1.29 is 4.74 Å². The van der Waals surface area contributed by atoms with Gasteiger partial charge in [0.1, 0.15) is 5.01 Å². The third kappa shape index (κ3) is 2.64. The molecule has 2 aromatic rings. The van der Waals surface area contributed by atoms with Crippen LogP contribution in [-0.4, -0.2) is 4.98 Å². The lowest BCUT2D eigenvalue weighted by molar-refractivity contribution is 0.109. The van der Waals surface area contributed by atoms with Crippen molar-refractivity contribution in [3.05, 3.63) is 38.5 Å². The monoisotopic (exact) mass is 225 g/mol. The maximum atomic E-state index is 5.54. The second-order valence-electron chi connectivity index (χ2n) is 2.93. The number of thiophene rings is 1. The van der Waals surface area contributed by atoms with Gasteiger partial charge in [0, 0.05) is 21.3 Å². The van der Waals surface area contributed by atoms with E-state index in [1.807, 2.05) is 5.38 Å². The van der Waals surface area contributed by atoms with E-state index in [4.69, 9.17) is 4.74 Å². The van der Waals surface area contributed by atoms with Gasteiger partial charge in [0.25, 0.3) is 0 Å². The Labute approximate surface area is 91.2 Å². The van der Waals surface area contributed by atoms with Gasteiger partial charge >= 0.3 is 0 Å². The second-order valence-corrected chi connectivity index (χ2v) is 5.28. The van der Waals surface area contributed by atoms with Crippen LogP contribution in [0.2, 0.25) is 0 Å². The highest BCUT2D eigenvalue weighted by molar-refractivity contribution is 7.11. The van der Waals surface area contributed by atoms with Crippen molar-refractivity contribution in [3.8, 4) is 0 Å². The number of ether oxygens (including phenoxy) is 1. The average molecular weight is 225 g/mol. The Morgan fingerprint density at radius 3 is 2.93 bits per heavy atom. The Bertz CT molecular complexity index is 380. The molecular formula is C10H11NOS2. The predicted octanol–water partition coefficient (Wildman–Crippen LogP) is 3.23. The smallest absolute Gasteiger partial charge is 0.118 e. The van der Waals surface area contributed by atoms with E-state index in [2.05, 4.69) is 24.0 Å². The van der Waals surface area contributed by atoms with E-state index in [0.717, 1.165) is 5.01 Å². The third-order valence-electron chi connectivity index (χ3n) is 1.75. The van der Waals surface area contributed by atoms with Crippen LogP contribution in [0.25, 0.3) is 0 Å². The van der Waals surface area contributed by atoms with Crippen LogP contribution in [0.5, 0.6) is 0 Å². The summed E-state index contributed by atoms with van der Waals surface area (Å²) in [5, 5.41) is 3.01. The Balaban J connectivity index is 1.78. The molecule has 2 heterocycles. The third-order valence-corrected chi connectivity index (χ3v) is 3.48. The number of hydrogen-bond donors (Lipinski definition) is 0. The molecule has 74 valence electrons. The van der Waals surface area contributed by atoms with Gasteiger partial charge in [-0.15, -0.1) is 22.7 Å². The topological polar surface area (TPSA) is 22.1 Å². The summed E-state index contributed by atoms with van der Waals surface area (Å²) in [6.07, 6.45) is 1.80. The van der Waals surface area contributed by atoms with Gasteiger partial charge in [0.05, 0.1) is 13.2 Å². The van der Waals surface area contributed by atoms with Gasteiger partial charge in [0.15, 0.2) is 0 Å². The zero-order valence-electron chi connectivity index (χ0n) is 7.90. The van der Waals surface area contributed by atoms with Crippen LogP contribution in [0.1, 0.15) is 14.8 Å². The van der Waals surface area contributed by atoms with Crippen LogP contribution in [0, 0.1) is 6.92 Å². The van der Waals surface area contributed by atoms with Gasteiger partial charge in [-0.25, -0.2) is 4.98 Å². The molecule has 2 nitrogen and oxygen atoms in total. The first kappa shape index (κ1) is 9.83. The molecule has 0 N–H and O–H groups in total. The van der Waals surface area contributed by atoms with Gasteiger partial charge in [0.2, 0.25) is 0 Å². The van der Waals surface area contributed by atoms with Crippen LogP contribution in [0.15, 0.2) is 23.7 Å².